The van der Waals surface area contributed by atoms with Gasteiger partial charge in [-0.15, -0.1) is 0 Å². The predicted molar refractivity (Wildman–Crippen MR) is 114 cm³/mol. The van der Waals surface area contributed by atoms with Crippen molar-refractivity contribution >= 4 is 15.9 Å². The van der Waals surface area contributed by atoms with E-state index in [2.05, 4.69) is 19.2 Å². The van der Waals surface area contributed by atoms with E-state index in [0.717, 1.165) is 30.5 Å². The van der Waals surface area contributed by atoms with Crippen LogP contribution in [0.5, 0.6) is 0 Å². The lowest BCUT2D eigenvalue weighted by Crippen LogP contribution is -2.44. The van der Waals surface area contributed by atoms with Crippen LogP contribution in [0.1, 0.15) is 63.5 Å². The second-order valence-corrected chi connectivity index (χ2v) is 9.99. The fraction of sp³-hybridized carbons (Fsp3) is 0.682. The minimum atomic E-state index is -3.35. The Morgan fingerprint density at radius 2 is 1.89 bits per heavy atom. The molecular weight excluding hydrogens is 372 g/mol. The highest BCUT2D eigenvalue weighted by Crippen LogP contribution is 2.23. The Morgan fingerprint density at radius 3 is 2.50 bits per heavy atom. The molecule has 6 heteroatoms. The minimum absolute atomic E-state index is 0.0339. The maximum absolute atomic E-state index is 12.8. The predicted octanol–water partition coefficient (Wildman–Crippen LogP) is 3.87. The van der Waals surface area contributed by atoms with Crippen LogP contribution >= 0.6 is 0 Å². The molecule has 1 atom stereocenters. The number of nitrogens with zero attached hydrogens (tertiary/aromatic N) is 1. The van der Waals surface area contributed by atoms with Crippen molar-refractivity contribution in [2.45, 2.75) is 65.0 Å². The van der Waals surface area contributed by atoms with Crippen molar-refractivity contribution in [2.24, 2.45) is 11.8 Å². The van der Waals surface area contributed by atoms with Crippen molar-refractivity contribution < 1.29 is 13.2 Å². The van der Waals surface area contributed by atoms with Crippen molar-refractivity contribution in [3.8, 4) is 0 Å². The molecular formula is C22H36N2O3S. The number of sulfonamides is 1. The summed E-state index contributed by atoms with van der Waals surface area (Å²) in [5.41, 5.74) is 1.84. The van der Waals surface area contributed by atoms with Gasteiger partial charge in [-0.1, -0.05) is 57.4 Å². The van der Waals surface area contributed by atoms with Crippen LogP contribution in [0.25, 0.3) is 0 Å². The molecule has 1 aliphatic heterocycles. The smallest absolute Gasteiger partial charge is 0.223 e. The lowest BCUT2D eigenvalue weighted by Gasteiger charge is -2.31. The zero-order chi connectivity index (χ0) is 20.6. The molecule has 0 saturated carbocycles. The number of hydrogen-bond acceptors (Lipinski definition) is 3. The number of rotatable bonds is 10. The van der Waals surface area contributed by atoms with Crippen molar-refractivity contribution in [3.05, 3.63) is 35.4 Å². The number of piperidine rings is 1. The molecule has 1 aromatic carbocycles. The molecule has 1 fully saturated rings. The molecule has 158 valence electrons. The second-order valence-electron chi connectivity index (χ2n) is 8.02. The summed E-state index contributed by atoms with van der Waals surface area (Å²) in [5.74, 6) is 0.588. The normalized spacial score (nSPS) is 17.4. The van der Waals surface area contributed by atoms with Gasteiger partial charge in [0, 0.05) is 25.6 Å². The van der Waals surface area contributed by atoms with E-state index in [0.29, 0.717) is 31.8 Å². The standard InChI is InChI=1S/C22H36N2O3S/c1-4-6-10-19(5-2)16-23-22(25)20-12-14-24(15-13-20)28(26,27)17-21-11-8-7-9-18(21)3/h7-9,11,19-20H,4-6,10,12-17H2,1-3H3,(H,23,25). The molecule has 0 aromatic heterocycles. The van der Waals surface area contributed by atoms with E-state index in [1.165, 1.54) is 12.8 Å². The van der Waals surface area contributed by atoms with Crippen LogP contribution in [0, 0.1) is 18.8 Å². The van der Waals surface area contributed by atoms with Crippen LogP contribution in [-0.2, 0) is 20.6 Å². The molecule has 0 bridgehead atoms. The fourth-order valence-electron chi connectivity index (χ4n) is 3.79. The highest BCUT2D eigenvalue weighted by atomic mass is 32.2. The Kier molecular flexibility index (Phi) is 8.96. The Labute approximate surface area is 170 Å². The van der Waals surface area contributed by atoms with E-state index in [4.69, 9.17) is 0 Å². The Balaban J connectivity index is 1.82. The van der Waals surface area contributed by atoms with Gasteiger partial charge in [0.2, 0.25) is 15.9 Å². The summed E-state index contributed by atoms with van der Waals surface area (Å²) in [4.78, 5) is 12.5. The van der Waals surface area contributed by atoms with Crippen LogP contribution in [0.3, 0.4) is 0 Å². The van der Waals surface area contributed by atoms with Crippen molar-refractivity contribution in [3.63, 3.8) is 0 Å². The van der Waals surface area contributed by atoms with E-state index < -0.39 is 10.0 Å². The quantitative estimate of drug-likeness (QED) is 0.639. The molecule has 1 aromatic rings. The maximum atomic E-state index is 12.8. The molecule has 1 saturated heterocycles. The average Bonchev–Trinajstić information content (AvgIpc) is 2.69. The van der Waals surface area contributed by atoms with Gasteiger partial charge in [0.05, 0.1) is 5.75 Å². The van der Waals surface area contributed by atoms with Gasteiger partial charge in [-0.25, -0.2) is 12.7 Å². The fourth-order valence-corrected chi connectivity index (χ4v) is 5.46. The molecule has 1 aliphatic rings. The minimum Gasteiger partial charge on any atom is -0.356 e. The summed E-state index contributed by atoms with van der Waals surface area (Å²) in [5, 5.41) is 3.11. The SMILES string of the molecule is CCCCC(CC)CNC(=O)C1CCN(S(=O)(=O)Cc2ccccc2C)CC1. The van der Waals surface area contributed by atoms with Gasteiger partial charge in [-0.3, -0.25) is 4.79 Å². The zero-order valence-electron chi connectivity index (χ0n) is 17.6. The van der Waals surface area contributed by atoms with Crippen molar-refractivity contribution in [1.29, 1.82) is 0 Å². The topological polar surface area (TPSA) is 66.5 Å². The van der Waals surface area contributed by atoms with Gasteiger partial charge >= 0.3 is 0 Å². The first-order valence-corrected chi connectivity index (χ1v) is 12.3. The molecule has 0 aliphatic carbocycles. The molecule has 1 amide bonds. The van der Waals surface area contributed by atoms with Gasteiger partial charge in [0.1, 0.15) is 0 Å². The van der Waals surface area contributed by atoms with Crippen molar-refractivity contribution in [1.82, 2.24) is 9.62 Å². The first-order valence-electron chi connectivity index (χ1n) is 10.7. The third-order valence-electron chi connectivity index (χ3n) is 5.93. The first-order chi connectivity index (χ1) is 13.4. The summed E-state index contributed by atoms with van der Waals surface area (Å²) in [7, 11) is -3.35. The Hall–Kier alpha value is -1.40. The van der Waals surface area contributed by atoms with Gasteiger partial charge < -0.3 is 5.32 Å². The Morgan fingerprint density at radius 1 is 1.21 bits per heavy atom. The second kappa shape index (κ2) is 11.0. The van der Waals surface area contributed by atoms with Gasteiger partial charge in [-0.05, 0) is 43.2 Å². The van der Waals surface area contributed by atoms with E-state index in [9.17, 15) is 13.2 Å². The number of hydrogen-bond donors (Lipinski definition) is 1. The number of aryl methyl sites for hydroxylation is 1. The van der Waals surface area contributed by atoms with E-state index >= 15 is 0 Å². The van der Waals surface area contributed by atoms with Crippen molar-refractivity contribution in [2.75, 3.05) is 19.6 Å². The third-order valence-corrected chi connectivity index (χ3v) is 7.75. The van der Waals surface area contributed by atoms with Gasteiger partial charge in [0.25, 0.3) is 0 Å². The largest absolute Gasteiger partial charge is 0.356 e. The molecule has 2 rings (SSSR count). The Bertz CT molecular complexity index is 725. The van der Waals surface area contributed by atoms with Crippen LogP contribution in [-0.4, -0.2) is 38.3 Å². The number of unbranched alkanes of at least 4 members (excludes halogenated alkanes) is 1. The average molecular weight is 409 g/mol. The molecule has 0 spiro atoms. The van der Waals surface area contributed by atoms with Crippen LogP contribution < -0.4 is 5.32 Å². The molecule has 1 unspecified atom stereocenters. The molecule has 1 N–H and O–H groups in total. The monoisotopic (exact) mass is 408 g/mol. The lowest BCUT2D eigenvalue weighted by atomic mass is 9.95. The summed E-state index contributed by atoms with van der Waals surface area (Å²) in [6.45, 7) is 7.89. The number of carbonyl (C=O) groups excluding carboxylic acids is 1. The lowest BCUT2D eigenvalue weighted by molar-refractivity contribution is -0.126. The molecule has 28 heavy (non-hydrogen) atoms. The van der Waals surface area contributed by atoms with E-state index in [-0.39, 0.29) is 17.6 Å². The third kappa shape index (κ3) is 6.59. The van der Waals surface area contributed by atoms with Crippen LogP contribution in [0.15, 0.2) is 24.3 Å². The van der Waals surface area contributed by atoms with Crippen LogP contribution in [0.4, 0.5) is 0 Å². The molecule has 0 radical (unpaired) electrons. The van der Waals surface area contributed by atoms with E-state index in [1.54, 1.807) is 4.31 Å². The zero-order valence-corrected chi connectivity index (χ0v) is 18.4. The first kappa shape index (κ1) is 22.9. The summed E-state index contributed by atoms with van der Waals surface area (Å²) >= 11 is 0. The summed E-state index contributed by atoms with van der Waals surface area (Å²) in [6.07, 6.45) is 5.82. The maximum Gasteiger partial charge on any atom is 0.223 e. The summed E-state index contributed by atoms with van der Waals surface area (Å²) in [6, 6.07) is 7.60. The number of carbonyl (C=O) groups is 1. The van der Waals surface area contributed by atoms with E-state index in [1.807, 2.05) is 31.2 Å². The number of benzene rings is 1. The molecule has 1 heterocycles. The molecule has 5 nitrogen and oxygen atoms in total. The highest BCUT2D eigenvalue weighted by molar-refractivity contribution is 7.88. The van der Waals surface area contributed by atoms with Gasteiger partial charge in [-0.2, -0.15) is 0 Å². The number of amides is 1. The summed E-state index contributed by atoms with van der Waals surface area (Å²) < 4.78 is 27.1. The van der Waals surface area contributed by atoms with Gasteiger partial charge in [0.15, 0.2) is 0 Å². The number of nitrogens with one attached hydrogen (secondary N) is 1. The highest BCUT2D eigenvalue weighted by Gasteiger charge is 2.31. The van der Waals surface area contributed by atoms with Crippen LogP contribution in [0.2, 0.25) is 0 Å².